The van der Waals surface area contributed by atoms with Gasteiger partial charge in [0.2, 0.25) is 5.91 Å². The molecule has 0 aliphatic carbocycles. The van der Waals surface area contributed by atoms with Crippen molar-refractivity contribution >= 4 is 23.6 Å². The first-order valence-corrected chi connectivity index (χ1v) is 9.11. The molecule has 2 aromatic rings. The van der Waals surface area contributed by atoms with Crippen molar-refractivity contribution in [1.82, 2.24) is 0 Å². The molecule has 0 spiro atoms. The van der Waals surface area contributed by atoms with Crippen LogP contribution in [0, 0.1) is 12.3 Å². The number of carboxylic acid groups (broad SMARTS) is 1. The number of nitrogens with one attached hydrogen (secondary N) is 1. The zero-order valence-corrected chi connectivity index (χ0v) is 16.2. The largest absolute Gasteiger partial charge is 0.493 e. The second kappa shape index (κ2) is 11.2. The predicted molar refractivity (Wildman–Crippen MR) is 112 cm³/mol. The van der Waals surface area contributed by atoms with E-state index in [1.807, 2.05) is 0 Å². The number of methoxy groups -OCH3 is 1. The Morgan fingerprint density at radius 2 is 1.97 bits per heavy atom. The van der Waals surface area contributed by atoms with Crippen LogP contribution in [-0.4, -0.2) is 30.7 Å². The van der Waals surface area contributed by atoms with Crippen LogP contribution in [0.25, 0.3) is 6.08 Å². The minimum Gasteiger partial charge on any atom is -0.493 e. The summed E-state index contributed by atoms with van der Waals surface area (Å²) >= 11 is 0. The zero-order valence-electron chi connectivity index (χ0n) is 16.2. The number of hydrogen-bond acceptors (Lipinski definition) is 4. The van der Waals surface area contributed by atoms with Crippen LogP contribution in [0.4, 0.5) is 5.69 Å². The summed E-state index contributed by atoms with van der Waals surface area (Å²) in [4.78, 5) is 23.4. The Bertz CT molecular complexity index is 927. The smallest absolute Gasteiger partial charge is 0.337 e. The average Bonchev–Trinajstić information content (AvgIpc) is 2.72. The third-order valence-corrected chi connectivity index (χ3v) is 4.00. The lowest BCUT2D eigenvalue weighted by Crippen LogP contribution is -2.11. The van der Waals surface area contributed by atoms with Crippen LogP contribution in [-0.2, 0) is 4.79 Å². The Morgan fingerprint density at radius 1 is 1.17 bits per heavy atom. The summed E-state index contributed by atoms with van der Waals surface area (Å²) in [6.45, 7) is 0.512. The van der Waals surface area contributed by atoms with E-state index in [1.54, 1.807) is 43.5 Å². The third-order valence-electron chi connectivity index (χ3n) is 4.00. The Morgan fingerprint density at radius 3 is 2.69 bits per heavy atom. The van der Waals surface area contributed by atoms with Gasteiger partial charge in [-0.25, -0.2) is 4.79 Å². The molecule has 0 bridgehead atoms. The van der Waals surface area contributed by atoms with Gasteiger partial charge < -0.3 is 19.9 Å². The van der Waals surface area contributed by atoms with Crippen molar-refractivity contribution in [2.45, 2.75) is 19.3 Å². The van der Waals surface area contributed by atoms with Gasteiger partial charge in [-0.1, -0.05) is 18.2 Å². The van der Waals surface area contributed by atoms with Gasteiger partial charge in [0.1, 0.15) is 0 Å². The number of terminal acetylenes is 1. The van der Waals surface area contributed by atoms with Crippen molar-refractivity contribution < 1.29 is 24.2 Å². The maximum atomic E-state index is 12.2. The summed E-state index contributed by atoms with van der Waals surface area (Å²) in [5.74, 6) is 2.22. The molecule has 0 saturated heterocycles. The van der Waals surface area contributed by atoms with E-state index in [-0.39, 0.29) is 11.3 Å². The van der Waals surface area contributed by atoms with E-state index in [4.69, 9.17) is 15.9 Å². The standard InChI is InChI=1S/C23H23NO5/c1-3-4-5-8-15-29-21-16-17(11-13-20(21)28-2)12-14-22(25)24-19-10-7-6-9-18(19)23(26)27/h1,6-7,9-14,16H,4-5,8,15H2,2H3,(H,24,25)(H,26,27). The van der Waals surface area contributed by atoms with E-state index in [1.165, 1.54) is 18.2 Å². The van der Waals surface area contributed by atoms with Crippen molar-refractivity contribution in [2.24, 2.45) is 0 Å². The normalized spacial score (nSPS) is 10.3. The average molecular weight is 393 g/mol. The van der Waals surface area contributed by atoms with Gasteiger partial charge in [-0.05, 0) is 48.7 Å². The van der Waals surface area contributed by atoms with E-state index in [9.17, 15) is 14.7 Å². The molecule has 2 N–H and O–H groups in total. The maximum Gasteiger partial charge on any atom is 0.337 e. The van der Waals surface area contributed by atoms with Crippen molar-refractivity contribution in [3.8, 4) is 23.8 Å². The second-order valence-electron chi connectivity index (χ2n) is 6.09. The number of hydrogen-bond donors (Lipinski definition) is 2. The quantitative estimate of drug-likeness (QED) is 0.358. The molecule has 0 aliphatic rings. The molecule has 1 amide bonds. The molecule has 29 heavy (non-hydrogen) atoms. The first-order valence-electron chi connectivity index (χ1n) is 9.11. The Labute approximate surface area is 170 Å². The molecule has 150 valence electrons. The van der Waals surface area contributed by atoms with Crippen LogP contribution in [0.1, 0.15) is 35.2 Å². The number of anilines is 1. The van der Waals surface area contributed by atoms with Crippen molar-refractivity contribution in [2.75, 3.05) is 19.0 Å². The lowest BCUT2D eigenvalue weighted by atomic mass is 10.1. The molecule has 6 nitrogen and oxygen atoms in total. The maximum absolute atomic E-state index is 12.2. The molecule has 0 aliphatic heterocycles. The van der Waals surface area contributed by atoms with E-state index >= 15 is 0 Å². The van der Waals surface area contributed by atoms with Crippen LogP contribution in [0.15, 0.2) is 48.5 Å². The van der Waals surface area contributed by atoms with Gasteiger partial charge >= 0.3 is 5.97 Å². The summed E-state index contributed by atoms with van der Waals surface area (Å²) in [5, 5.41) is 11.8. The number of rotatable bonds is 10. The molecule has 0 fully saturated rings. The minimum atomic E-state index is -1.11. The Kier molecular flexibility index (Phi) is 8.33. The van der Waals surface area contributed by atoms with Gasteiger partial charge in [-0.2, -0.15) is 0 Å². The molecule has 0 unspecified atom stereocenters. The fourth-order valence-electron chi connectivity index (χ4n) is 2.55. The van der Waals surface area contributed by atoms with E-state index in [0.29, 0.717) is 24.5 Å². The Hall–Kier alpha value is -3.72. The lowest BCUT2D eigenvalue weighted by Gasteiger charge is -2.11. The van der Waals surface area contributed by atoms with Crippen LogP contribution in [0.3, 0.4) is 0 Å². The van der Waals surface area contributed by atoms with E-state index in [0.717, 1.165) is 18.4 Å². The predicted octanol–water partition coefficient (Wildman–Crippen LogP) is 4.23. The fraction of sp³-hybridized carbons (Fsp3) is 0.217. The second-order valence-corrected chi connectivity index (χ2v) is 6.09. The lowest BCUT2D eigenvalue weighted by molar-refractivity contribution is -0.111. The first kappa shape index (κ1) is 21.6. The first-order chi connectivity index (χ1) is 14.0. The highest BCUT2D eigenvalue weighted by Gasteiger charge is 2.10. The summed E-state index contributed by atoms with van der Waals surface area (Å²) in [6, 6.07) is 11.5. The van der Waals surface area contributed by atoms with Crippen molar-refractivity contribution in [3.63, 3.8) is 0 Å². The van der Waals surface area contributed by atoms with Crippen LogP contribution in [0.2, 0.25) is 0 Å². The summed E-state index contributed by atoms with van der Waals surface area (Å²) in [6.07, 6.45) is 10.6. The molecule has 0 aromatic heterocycles. The number of para-hydroxylation sites is 1. The third kappa shape index (κ3) is 6.74. The van der Waals surface area contributed by atoms with Gasteiger partial charge in [-0.15, -0.1) is 12.3 Å². The summed E-state index contributed by atoms with van der Waals surface area (Å²) < 4.78 is 11.1. The highest BCUT2D eigenvalue weighted by atomic mass is 16.5. The van der Waals surface area contributed by atoms with Gasteiger partial charge in [0.15, 0.2) is 11.5 Å². The molecule has 0 heterocycles. The van der Waals surface area contributed by atoms with E-state index in [2.05, 4.69) is 11.2 Å². The number of benzene rings is 2. The number of carbonyl (C=O) groups is 2. The zero-order chi connectivity index (χ0) is 21.1. The molecule has 2 aromatic carbocycles. The number of amides is 1. The SMILES string of the molecule is C#CCCCCOc1cc(C=CC(=O)Nc2ccccc2C(=O)O)ccc1OC. The number of carbonyl (C=O) groups excluding carboxylic acids is 1. The van der Waals surface area contributed by atoms with Gasteiger partial charge in [0.05, 0.1) is 25.0 Å². The van der Waals surface area contributed by atoms with Gasteiger partial charge in [-0.3, -0.25) is 4.79 Å². The van der Waals surface area contributed by atoms with Crippen LogP contribution < -0.4 is 14.8 Å². The highest BCUT2D eigenvalue weighted by molar-refractivity contribution is 6.06. The summed E-state index contributed by atoms with van der Waals surface area (Å²) in [5.41, 5.74) is 1.01. The minimum absolute atomic E-state index is 0.0271. The molecule has 6 heteroatoms. The van der Waals surface area contributed by atoms with Crippen molar-refractivity contribution in [1.29, 1.82) is 0 Å². The molecule has 2 rings (SSSR count). The van der Waals surface area contributed by atoms with Crippen LogP contribution >= 0.6 is 0 Å². The van der Waals surface area contributed by atoms with E-state index < -0.39 is 11.9 Å². The summed E-state index contributed by atoms with van der Waals surface area (Å²) in [7, 11) is 1.56. The highest BCUT2D eigenvalue weighted by Crippen LogP contribution is 2.29. The van der Waals surface area contributed by atoms with Crippen molar-refractivity contribution in [3.05, 3.63) is 59.7 Å². The fourth-order valence-corrected chi connectivity index (χ4v) is 2.55. The number of carboxylic acids is 1. The molecule has 0 atom stereocenters. The molecule has 0 saturated carbocycles. The van der Waals surface area contributed by atoms with Gasteiger partial charge in [0.25, 0.3) is 0 Å². The molecular formula is C23H23NO5. The number of ether oxygens (including phenoxy) is 2. The van der Waals surface area contributed by atoms with Crippen LogP contribution in [0.5, 0.6) is 11.5 Å². The molecular weight excluding hydrogens is 370 g/mol. The Balaban J connectivity index is 2.04. The number of aromatic carboxylic acids is 1. The molecule has 0 radical (unpaired) electrons. The monoisotopic (exact) mass is 393 g/mol. The topological polar surface area (TPSA) is 84.9 Å². The number of unbranched alkanes of at least 4 members (excludes halogenated alkanes) is 2. The van der Waals surface area contributed by atoms with Gasteiger partial charge in [0, 0.05) is 12.5 Å².